The summed E-state index contributed by atoms with van der Waals surface area (Å²) >= 11 is 11.4. The summed E-state index contributed by atoms with van der Waals surface area (Å²) in [6, 6.07) is 1.57. The summed E-state index contributed by atoms with van der Waals surface area (Å²) in [7, 11) is 0. The molecule has 3 nitrogen and oxygen atoms in total. The topological polar surface area (TPSA) is 55.9 Å². The highest BCUT2D eigenvalue weighted by Gasteiger charge is 2.13. The first kappa shape index (κ1) is 8.43. The molecule has 0 atom stereocenters. The van der Waals surface area contributed by atoms with Crippen LogP contribution in [0, 0.1) is 6.92 Å². The number of hydrogen-bond donors (Lipinski definition) is 2. The summed E-state index contributed by atoms with van der Waals surface area (Å²) in [5.41, 5.74) is 6.19. The van der Waals surface area contributed by atoms with Crippen molar-refractivity contribution in [3.8, 4) is 0 Å². The molecule has 1 aromatic heterocycles. The third-order valence-electron chi connectivity index (χ3n) is 1.46. The smallest absolute Gasteiger partial charge is 0.284 e. The maximum atomic E-state index is 5.75. The first-order valence-corrected chi connectivity index (χ1v) is 3.71. The standard InChI is InChI=1S/C6H7Cl2N3/c1-3-4(7)2-5(8)6(9)11(3)10/h2,9H,10H2,1H3/p+1. The maximum absolute atomic E-state index is 5.75. The van der Waals surface area contributed by atoms with Gasteiger partial charge < -0.3 is 0 Å². The predicted octanol–water partition coefficient (Wildman–Crippen LogP) is 0.885. The van der Waals surface area contributed by atoms with E-state index in [9.17, 15) is 0 Å². The third-order valence-corrected chi connectivity index (χ3v) is 2.15. The number of rotatable bonds is 0. The lowest BCUT2D eigenvalue weighted by Gasteiger charge is -2.02. The van der Waals surface area contributed by atoms with Gasteiger partial charge in [0.2, 0.25) is 0 Å². The van der Waals surface area contributed by atoms with Crippen molar-refractivity contribution in [2.45, 2.75) is 6.92 Å². The normalized spacial score (nSPS) is 10.1. The molecule has 1 heterocycles. The van der Waals surface area contributed by atoms with Crippen molar-refractivity contribution in [2.75, 3.05) is 11.6 Å². The second-order valence-electron chi connectivity index (χ2n) is 2.18. The van der Waals surface area contributed by atoms with E-state index in [0.29, 0.717) is 21.6 Å². The van der Waals surface area contributed by atoms with Crippen molar-refractivity contribution >= 4 is 29.0 Å². The van der Waals surface area contributed by atoms with Crippen LogP contribution in [0.2, 0.25) is 10.0 Å². The molecule has 0 amide bonds. The molecule has 1 aromatic rings. The van der Waals surface area contributed by atoms with Crippen LogP contribution in [0.1, 0.15) is 5.69 Å². The highest BCUT2D eigenvalue weighted by atomic mass is 35.5. The monoisotopic (exact) mass is 192 g/mol. The van der Waals surface area contributed by atoms with Gasteiger partial charge in [0.25, 0.3) is 0 Å². The van der Waals surface area contributed by atoms with E-state index in [0.717, 1.165) is 0 Å². The summed E-state index contributed by atoms with van der Waals surface area (Å²) in [5, 5.41) is 0.870. The van der Waals surface area contributed by atoms with E-state index in [1.165, 1.54) is 4.68 Å². The Morgan fingerprint density at radius 2 is 1.91 bits per heavy atom. The number of nitrogen functional groups attached to an aromatic ring is 2. The van der Waals surface area contributed by atoms with Crippen LogP contribution >= 0.6 is 23.2 Å². The molecule has 0 saturated heterocycles. The van der Waals surface area contributed by atoms with E-state index in [1.807, 2.05) is 0 Å². The van der Waals surface area contributed by atoms with E-state index in [-0.39, 0.29) is 0 Å². The summed E-state index contributed by atoms with van der Waals surface area (Å²) in [6.45, 7) is 1.76. The second kappa shape index (κ2) is 2.75. The Morgan fingerprint density at radius 1 is 1.36 bits per heavy atom. The molecule has 0 saturated carbocycles. The van der Waals surface area contributed by atoms with Gasteiger partial charge in [-0.2, -0.15) is 0 Å². The molecule has 0 radical (unpaired) electrons. The van der Waals surface area contributed by atoms with E-state index in [1.54, 1.807) is 13.0 Å². The Kier molecular flexibility index (Phi) is 2.11. The van der Waals surface area contributed by atoms with E-state index in [2.05, 4.69) is 0 Å². The van der Waals surface area contributed by atoms with E-state index >= 15 is 0 Å². The van der Waals surface area contributed by atoms with Crippen LogP contribution in [0.4, 0.5) is 5.82 Å². The summed E-state index contributed by atoms with van der Waals surface area (Å²) in [4.78, 5) is 0. The van der Waals surface area contributed by atoms with Gasteiger partial charge >= 0.3 is 5.82 Å². The number of anilines is 1. The third kappa shape index (κ3) is 1.34. The first-order valence-electron chi connectivity index (χ1n) is 2.95. The van der Waals surface area contributed by atoms with Crippen LogP contribution in [-0.2, 0) is 0 Å². The SMILES string of the molecule is Cc1c(Cl)cc(Cl)c(N)[n+]1N. The van der Waals surface area contributed by atoms with E-state index < -0.39 is 0 Å². The summed E-state index contributed by atoms with van der Waals surface area (Å²) in [6.07, 6.45) is 0. The lowest BCUT2D eigenvalue weighted by molar-refractivity contribution is -0.630. The molecule has 0 aliphatic carbocycles. The van der Waals surface area contributed by atoms with Gasteiger partial charge in [0.1, 0.15) is 10.7 Å². The van der Waals surface area contributed by atoms with Crippen molar-refractivity contribution in [2.24, 2.45) is 0 Å². The molecule has 0 aromatic carbocycles. The average Bonchev–Trinajstić information content (AvgIpc) is 1.97. The molecule has 11 heavy (non-hydrogen) atoms. The zero-order valence-electron chi connectivity index (χ0n) is 5.94. The molecular formula is C6H8Cl2N3+. The number of pyridine rings is 1. The second-order valence-corrected chi connectivity index (χ2v) is 3.00. The first-order chi connectivity index (χ1) is 5.04. The van der Waals surface area contributed by atoms with Gasteiger partial charge in [0, 0.05) is 6.92 Å². The Hall–Kier alpha value is -0.670. The minimum absolute atomic E-state index is 0.313. The quantitative estimate of drug-likeness (QED) is 0.474. The number of aromatic nitrogens is 1. The highest BCUT2D eigenvalue weighted by molar-refractivity contribution is 6.35. The molecule has 5 heteroatoms. The minimum Gasteiger partial charge on any atom is -0.284 e. The Labute approximate surface area is 74.5 Å². The number of nitrogens with zero attached hydrogens (tertiary/aromatic N) is 1. The fraction of sp³-hybridized carbons (Fsp3) is 0.167. The minimum atomic E-state index is 0.313. The van der Waals surface area contributed by atoms with Crippen molar-refractivity contribution in [3.05, 3.63) is 21.8 Å². The summed E-state index contributed by atoms with van der Waals surface area (Å²) in [5.74, 6) is 5.82. The fourth-order valence-electron chi connectivity index (χ4n) is 0.700. The van der Waals surface area contributed by atoms with Crippen LogP contribution in [-0.4, -0.2) is 0 Å². The number of nitrogens with two attached hydrogens (primary N) is 2. The average molecular weight is 193 g/mol. The van der Waals surface area contributed by atoms with Crippen molar-refractivity contribution in [1.29, 1.82) is 0 Å². The van der Waals surface area contributed by atoms with Crippen LogP contribution in [0.15, 0.2) is 6.07 Å². The molecule has 0 aliphatic heterocycles. The Morgan fingerprint density at radius 3 is 2.45 bits per heavy atom. The molecule has 0 fully saturated rings. The molecule has 4 N–H and O–H groups in total. The number of hydrogen-bond acceptors (Lipinski definition) is 2. The Bertz CT molecular complexity index is 272. The predicted molar refractivity (Wildman–Crippen MR) is 46.0 cm³/mol. The van der Waals surface area contributed by atoms with Gasteiger partial charge in [-0.1, -0.05) is 23.2 Å². The fourth-order valence-corrected chi connectivity index (χ4v) is 1.16. The molecular weight excluding hydrogens is 185 g/mol. The number of halogens is 2. The van der Waals surface area contributed by atoms with Gasteiger partial charge in [-0.15, -0.1) is 4.68 Å². The molecule has 0 aliphatic rings. The molecule has 1 rings (SSSR count). The van der Waals surface area contributed by atoms with Crippen molar-refractivity contribution in [1.82, 2.24) is 0 Å². The van der Waals surface area contributed by atoms with Crippen molar-refractivity contribution < 1.29 is 4.68 Å². The van der Waals surface area contributed by atoms with Crippen LogP contribution in [0.3, 0.4) is 0 Å². The van der Waals surface area contributed by atoms with Gasteiger partial charge in [-0.05, 0) is 6.07 Å². The molecule has 0 bridgehead atoms. The zero-order valence-corrected chi connectivity index (χ0v) is 7.45. The summed E-state index contributed by atoms with van der Waals surface area (Å²) < 4.78 is 1.25. The van der Waals surface area contributed by atoms with Crippen LogP contribution in [0.25, 0.3) is 0 Å². The molecule has 0 spiro atoms. The zero-order chi connectivity index (χ0) is 8.59. The van der Waals surface area contributed by atoms with Crippen LogP contribution < -0.4 is 16.3 Å². The van der Waals surface area contributed by atoms with Gasteiger partial charge in [0.15, 0.2) is 0 Å². The molecule has 0 unspecified atom stereocenters. The lowest BCUT2D eigenvalue weighted by atomic mass is 10.3. The maximum Gasteiger partial charge on any atom is 0.314 e. The van der Waals surface area contributed by atoms with Gasteiger partial charge in [-0.25, -0.2) is 0 Å². The Balaban J connectivity index is 3.46. The largest absolute Gasteiger partial charge is 0.314 e. The van der Waals surface area contributed by atoms with Crippen molar-refractivity contribution in [3.63, 3.8) is 0 Å². The van der Waals surface area contributed by atoms with Gasteiger partial charge in [0.05, 0.1) is 5.02 Å². The van der Waals surface area contributed by atoms with Gasteiger partial charge in [-0.3, -0.25) is 11.6 Å². The van der Waals surface area contributed by atoms with Crippen LogP contribution in [0.5, 0.6) is 0 Å². The van der Waals surface area contributed by atoms with E-state index in [4.69, 9.17) is 34.8 Å². The molecule has 60 valence electrons. The highest BCUT2D eigenvalue weighted by Crippen LogP contribution is 2.20. The lowest BCUT2D eigenvalue weighted by Crippen LogP contribution is -2.50.